The third-order valence-corrected chi connectivity index (χ3v) is 4.43. The summed E-state index contributed by atoms with van der Waals surface area (Å²) in [5.74, 6) is 0.218. The molecule has 2 nitrogen and oxygen atoms in total. The molecule has 19 heavy (non-hydrogen) atoms. The number of hydrogen-bond acceptors (Lipinski definition) is 2. The first-order valence-corrected chi connectivity index (χ1v) is 7.78. The van der Waals surface area contributed by atoms with Gasteiger partial charge in [-0.05, 0) is 53.4 Å². The van der Waals surface area contributed by atoms with Crippen LogP contribution in [0.4, 0.5) is 4.39 Å². The summed E-state index contributed by atoms with van der Waals surface area (Å²) >= 11 is 3.38. The first-order chi connectivity index (χ1) is 9.24. The molecule has 1 aromatic rings. The molecule has 1 heterocycles. The van der Waals surface area contributed by atoms with Gasteiger partial charge in [-0.25, -0.2) is 4.39 Å². The molecule has 1 saturated heterocycles. The number of nitrogens with one attached hydrogen (secondary N) is 1. The molecule has 0 radical (unpaired) electrons. The standard InChI is InChI=1S/C15H21BrFNO/c1-2-8-18-15(11-5-4-9-19-10-11)12-6-3-7-13(17)14(12)16/h3,6-7,11,15,18H,2,4-5,8-10H2,1H3. The largest absolute Gasteiger partial charge is 0.381 e. The predicted octanol–water partition coefficient (Wildman–Crippen LogP) is 4.06. The van der Waals surface area contributed by atoms with Crippen molar-refractivity contribution in [3.8, 4) is 0 Å². The summed E-state index contributed by atoms with van der Waals surface area (Å²) in [4.78, 5) is 0. The van der Waals surface area contributed by atoms with Crippen molar-refractivity contribution in [2.24, 2.45) is 5.92 Å². The third kappa shape index (κ3) is 3.77. The van der Waals surface area contributed by atoms with Crippen LogP contribution in [-0.2, 0) is 4.74 Å². The Hall–Kier alpha value is -0.450. The second kappa shape index (κ2) is 7.36. The Morgan fingerprint density at radius 1 is 1.53 bits per heavy atom. The van der Waals surface area contributed by atoms with Gasteiger partial charge in [-0.2, -0.15) is 0 Å². The molecule has 1 N–H and O–H groups in total. The number of rotatable bonds is 5. The molecule has 106 valence electrons. The molecular weight excluding hydrogens is 309 g/mol. The summed E-state index contributed by atoms with van der Waals surface area (Å²) in [6.07, 6.45) is 3.28. The molecular formula is C15H21BrFNO. The highest BCUT2D eigenvalue weighted by molar-refractivity contribution is 9.10. The fourth-order valence-corrected chi connectivity index (χ4v) is 3.13. The molecule has 1 aromatic carbocycles. The minimum atomic E-state index is -0.197. The zero-order chi connectivity index (χ0) is 13.7. The van der Waals surface area contributed by atoms with E-state index in [2.05, 4.69) is 28.2 Å². The van der Waals surface area contributed by atoms with Crippen LogP contribution in [0.5, 0.6) is 0 Å². The Bertz CT molecular complexity index is 407. The van der Waals surface area contributed by atoms with Gasteiger partial charge in [-0.1, -0.05) is 19.1 Å². The Kier molecular flexibility index (Phi) is 5.79. The lowest BCUT2D eigenvalue weighted by Crippen LogP contribution is -2.34. The molecule has 1 aliphatic rings. The monoisotopic (exact) mass is 329 g/mol. The molecule has 2 rings (SSSR count). The molecule has 0 spiro atoms. The number of benzene rings is 1. The van der Waals surface area contributed by atoms with Crippen molar-refractivity contribution in [2.45, 2.75) is 32.2 Å². The summed E-state index contributed by atoms with van der Waals surface area (Å²) in [7, 11) is 0. The van der Waals surface area contributed by atoms with Crippen LogP contribution in [0.1, 0.15) is 37.8 Å². The Morgan fingerprint density at radius 3 is 3.05 bits per heavy atom. The molecule has 4 heteroatoms. The highest BCUT2D eigenvalue weighted by atomic mass is 79.9. The second-order valence-electron chi connectivity index (χ2n) is 5.05. The van der Waals surface area contributed by atoms with E-state index < -0.39 is 0 Å². The first-order valence-electron chi connectivity index (χ1n) is 6.99. The van der Waals surface area contributed by atoms with Crippen molar-refractivity contribution < 1.29 is 9.13 Å². The van der Waals surface area contributed by atoms with Gasteiger partial charge >= 0.3 is 0 Å². The topological polar surface area (TPSA) is 21.3 Å². The van der Waals surface area contributed by atoms with Crippen LogP contribution in [-0.4, -0.2) is 19.8 Å². The minimum Gasteiger partial charge on any atom is -0.381 e. The predicted molar refractivity (Wildman–Crippen MR) is 78.7 cm³/mol. The van der Waals surface area contributed by atoms with Crippen molar-refractivity contribution in [1.82, 2.24) is 5.32 Å². The molecule has 0 saturated carbocycles. The van der Waals surface area contributed by atoms with Gasteiger partial charge in [0.2, 0.25) is 0 Å². The average molecular weight is 330 g/mol. The van der Waals surface area contributed by atoms with E-state index in [0.717, 1.165) is 44.6 Å². The van der Waals surface area contributed by atoms with Crippen molar-refractivity contribution in [2.75, 3.05) is 19.8 Å². The van der Waals surface area contributed by atoms with Crippen molar-refractivity contribution in [3.63, 3.8) is 0 Å². The molecule has 2 unspecified atom stereocenters. The van der Waals surface area contributed by atoms with Crippen LogP contribution < -0.4 is 5.32 Å². The van der Waals surface area contributed by atoms with E-state index in [9.17, 15) is 4.39 Å². The lowest BCUT2D eigenvalue weighted by atomic mass is 9.88. The van der Waals surface area contributed by atoms with E-state index in [1.54, 1.807) is 6.07 Å². The summed E-state index contributed by atoms with van der Waals surface area (Å²) < 4.78 is 19.9. The molecule has 1 fully saturated rings. The van der Waals surface area contributed by atoms with Crippen molar-refractivity contribution in [1.29, 1.82) is 0 Å². The van der Waals surface area contributed by atoms with Crippen LogP contribution in [0.15, 0.2) is 22.7 Å². The van der Waals surface area contributed by atoms with Gasteiger partial charge in [-0.3, -0.25) is 0 Å². The highest BCUT2D eigenvalue weighted by Gasteiger charge is 2.27. The second-order valence-corrected chi connectivity index (χ2v) is 5.85. The van der Waals surface area contributed by atoms with Crippen LogP contribution in [0.2, 0.25) is 0 Å². The third-order valence-electron chi connectivity index (χ3n) is 3.60. The van der Waals surface area contributed by atoms with E-state index in [1.807, 2.05) is 6.07 Å². The van der Waals surface area contributed by atoms with Gasteiger partial charge in [0.15, 0.2) is 0 Å². The minimum absolute atomic E-state index is 0.158. The average Bonchev–Trinajstić information content (AvgIpc) is 2.45. The van der Waals surface area contributed by atoms with E-state index in [1.165, 1.54) is 6.07 Å². The van der Waals surface area contributed by atoms with Crippen molar-refractivity contribution in [3.05, 3.63) is 34.1 Å². The molecule has 0 bridgehead atoms. The number of halogens is 2. The summed E-state index contributed by atoms with van der Waals surface area (Å²) in [5.41, 5.74) is 1.00. The molecule has 2 atom stereocenters. The summed E-state index contributed by atoms with van der Waals surface area (Å²) in [5, 5.41) is 3.55. The van der Waals surface area contributed by atoms with Crippen LogP contribution >= 0.6 is 15.9 Å². The van der Waals surface area contributed by atoms with Gasteiger partial charge in [0.25, 0.3) is 0 Å². The number of hydrogen-bond donors (Lipinski definition) is 1. The zero-order valence-corrected chi connectivity index (χ0v) is 12.9. The van der Waals surface area contributed by atoms with Crippen LogP contribution in [0.3, 0.4) is 0 Å². The molecule has 0 aliphatic carbocycles. The quantitative estimate of drug-likeness (QED) is 0.879. The fourth-order valence-electron chi connectivity index (χ4n) is 2.62. The van der Waals surface area contributed by atoms with Gasteiger partial charge in [0.1, 0.15) is 5.82 Å². The van der Waals surface area contributed by atoms with E-state index in [4.69, 9.17) is 4.74 Å². The molecule has 1 aliphatic heterocycles. The van der Waals surface area contributed by atoms with E-state index in [-0.39, 0.29) is 11.9 Å². The van der Waals surface area contributed by atoms with Gasteiger partial charge in [-0.15, -0.1) is 0 Å². The van der Waals surface area contributed by atoms with Gasteiger partial charge in [0.05, 0.1) is 11.1 Å². The summed E-state index contributed by atoms with van der Waals surface area (Å²) in [6, 6.07) is 5.42. The van der Waals surface area contributed by atoms with E-state index in [0.29, 0.717) is 10.4 Å². The maximum absolute atomic E-state index is 13.7. The maximum Gasteiger partial charge on any atom is 0.137 e. The molecule has 0 aromatic heterocycles. The smallest absolute Gasteiger partial charge is 0.137 e. The lowest BCUT2D eigenvalue weighted by Gasteiger charge is -2.32. The van der Waals surface area contributed by atoms with Crippen molar-refractivity contribution >= 4 is 15.9 Å². The summed E-state index contributed by atoms with van der Waals surface area (Å²) in [6.45, 7) is 4.68. The maximum atomic E-state index is 13.7. The van der Waals surface area contributed by atoms with Gasteiger partial charge < -0.3 is 10.1 Å². The van der Waals surface area contributed by atoms with Crippen LogP contribution in [0, 0.1) is 11.7 Å². The SMILES string of the molecule is CCCNC(c1cccc(F)c1Br)C1CCCOC1. The molecule has 0 amide bonds. The normalized spacial score (nSPS) is 21.3. The van der Waals surface area contributed by atoms with Crippen LogP contribution in [0.25, 0.3) is 0 Å². The lowest BCUT2D eigenvalue weighted by molar-refractivity contribution is 0.0389. The van der Waals surface area contributed by atoms with Gasteiger partial charge in [0, 0.05) is 18.6 Å². The Labute approximate surface area is 122 Å². The zero-order valence-electron chi connectivity index (χ0n) is 11.3. The fraction of sp³-hybridized carbons (Fsp3) is 0.600. The Balaban J connectivity index is 2.22. The Morgan fingerprint density at radius 2 is 2.37 bits per heavy atom. The van der Waals surface area contributed by atoms with E-state index >= 15 is 0 Å². The first kappa shape index (κ1) is 14.9. The highest BCUT2D eigenvalue weighted by Crippen LogP contribution is 2.34. The number of ether oxygens (including phenoxy) is 1.